The summed E-state index contributed by atoms with van der Waals surface area (Å²) in [5.41, 5.74) is 2.89. The van der Waals surface area contributed by atoms with Crippen LogP contribution in [-0.4, -0.2) is 60.8 Å². The van der Waals surface area contributed by atoms with Gasteiger partial charge in [0, 0.05) is 25.1 Å². The predicted molar refractivity (Wildman–Crippen MR) is 134 cm³/mol. The number of amides is 1. The fraction of sp³-hybridized carbons (Fsp3) is 0.741. The molecule has 6 nitrogen and oxygen atoms in total. The molecule has 0 saturated carbocycles. The molecule has 2 heterocycles. The van der Waals surface area contributed by atoms with Gasteiger partial charge in [-0.2, -0.15) is 0 Å². The van der Waals surface area contributed by atoms with Crippen LogP contribution in [0.15, 0.2) is 0 Å². The molecule has 0 radical (unpaired) electrons. The molecule has 1 saturated heterocycles. The Morgan fingerprint density at radius 2 is 1.73 bits per heavy atom. The number of nitrogens with one attached hydrogen (secondary N) is 2. The molecule has 186 valence electrons. The summed E-state index contributed by atoms with van der Waals surface area (Å²) < 4.78 is 6.42. The van der Waals surface area contributed by atoms with Crippen LogP contribution in [0.2, 0.25) is 0 Å². The van der Waals surface area contributed by atoms with Crippen molar-refractivity contribution in [2.24, 2.45) is 5.92 Å². The van der Waals surface area contributed by atoms with Gasteiger partial charge in [0.2, 0.25) is 0 Å². The second-order valence-corrected chi connectivity index (χ2v) is 10.3. The van der Waals surface area contributed by atoms with Crippen molar-refractivity contribution < 1.29 is 14.6 Å². The molecule has 1 fully saturated rings. The number of carbonyl (C=O) groups is 1. The maximum absolute atomic E-state index is 13.5. The van der Waals surface area contributed by atoms with Gasteiger partial charge in [0.25, 0.3) is 5.91 Å². The van der Waals surface area contributed by atoms with E-state index in [1.807, 2.05) is 32.6 Å². The van der Waals surface area contributed by atoms with E-state index in [1.165, 1.54) is 19.3 Å². The smallest absolute Gasteiger partial charge is 0.266 e. The lowest BCUT2D eigenvalue weighted by atomic mass is 9.86. The summed E-state index contributed by atoms with van der Waals surface area (Å²) >= 11 is 0. The summed E-state index contributed by atoms with van der Waals surface area (Å²) in [5, 5.41) is 17.5. The van der Waals surface area contributed by atoms with E-state index in [0.29, 0.717) is 18.1 Å². The van der Waals surface area contributed by atoms with Crippen LogP contribution in [0.1, 0.15) is 74.6 Å². The molecule has 1 aromatic carbocycles. The number of piperidine rings is 1. The second-order valence-electron chi connectivity index (χ2n) is 10.3. The molecule has 0 bridgehead atoms. The monoisotopic (exact) mass is 459 g/mol. The Hall–Kier alpha value is -1.79. The summed E-state index contributed by atoms with van der Waals surface area (Å²) in [5.74, 6) is 1.91. The minimum absolute atomic E-state index is 0.113. The van der Waals surface area contributed by atoms with Crippen molar-refractivity contribution in [2.45, 2.75) is 85.2 Å². The number of hydrogen-bond acceptors (Lipinski definition) is 5. The molecule has 0 aromatic heterocycles. The molecular formula is C27H45N3O3. The quantitative estimate of drug-likeness (QED) is 0.461. The van der Waals surface area contributed by atoms with Gasteiger partial charge in [0.15, 0.2) is 5.60 Å². The molecule has 0 aliphatic carbocycles. The number of phenolic OH excluding ortho intramolecular Hbond substituents is 1. The first kappa shape index (κ1) is 25.8. The Morgan fingerprint density at radius 1 is 1.06 bits per heavy atom. The zero-order chi connectivity index (χ0) is 24.0. The van der Waals surface area contributed by atoms with Crippen molar-refractivity contribution in [3.63, 3.8) is 0 Å². The zero-order valence-electron chi connectivity index (χ0n) is 21.5. The lowest BCUT2D eigenvalue weighted by Gasteiger charge is -2.41. The van der Waals surface area contributed by atoms with Crippen LogP contribution in [0.5, 0.6) is 11.5 Å². The number of phenols is 1. The van der Waals surface area contributed by atoms with Crippen LogP contribution >= 0.6 is 0 Å². The minimum Gasteiger partial charge on any atom is -0.507 e. The van der Waals surface area contributed by atoms with E-state index in [4.69, 9.17) is 4.74 Å². The fourth-order valence-electron chi connectivity index (χ4n) is 5.18. The van der Waals surface area contributed by atoms with E-state index < -0.39 is 5.60 Å². The zero-order valence-corrected chi connectivity index (χ0v) is 21.5. The lowest BCUT2D eigenvalue weighted by Crippen LogP contribution is -2.54. The Morgan fingerprint density at radius 3 is 2.39 bits per heavy atom. The first-order chi connectivity index (χ1) is 15.8. The first-order valence-electron chi connectivity index (χ1n) is 13.0. The van der Waals surface area contributed by atoms with Gasteiger partial charge in [-0.05, 0) is 115 Å². The molecule has 33 heavy (non-hydrogen) atoms. The van der Waals surface area contributed by atoms with Crippen molar-refractivity contribution in [1.29, 1.82) is 0 Å². The number of fused-ring (bicyclic) bond motifs is 1. The van der Waals surface area contributed by atoms with Gasteiger partial charge in [-0.15, -0.1) is 0 Å². The highest BCUT2D eigenvalue weighted by Gasteiger charge is 2.43. The molecular weight excluding hydrogens is 414 g/mol. The third-order valence-electron chi connectivity index (χ3n) is 7.69. The lowest BCUT2D eigenvalue weighted by molar-refractivity contribution is -0.149. The normalized spacial score (nSPS) is 21.1. The second kappa shape index (κ2) is 11.6. The summed E-state index contributed by atoms with van der Waals surface area (Å²) in [6, 6.07) is 0. The highest BCUT2D eigenvalue weighted by Crippen LogP contribution is 2.43. The van der Waals surface area contributed by atoms with Crippen molar-refractivity contribution in [3.05, 3.63) is 22.3 Å². The summed E-state index contributed by atoms with van der Waals surface area (Å²) in [6.45, 7) is 15.9. The molecule has 1 unspecified atom stereocenters. The fourth-order valence-corrected chi connectivity index (χ4v) is 5.18. The Labute approximate surface area is 200 Å². The van der Waals surface area contributed by atoms with Crippen LogP contribution in [0.4, 0.5) is 0 Å². The summed E-state index contributed by atoms with van der Waals surface area (Å²) in [7, 11) is 0. The van der Waals surface area contributed by atoms with Gasteiger partial charge in [-0.1, -0.05) is 6.92 Å². The highest BCUT2D eigenvalue weighted by molar-refractivity contribution is 5.86. The number of ether oxygens (including phenoxy) is 1. The number of unbranched alkanes of at least 4 members (excludes halogenated alkanes) is 1. The van der Waals surface area contributed by atoms with Crippen LogP contribution in [0, 0.1) is 26.7 Å². The Kier molecular flexibility index (Phi) is 9.05. The number of rotatable bonds is 10. The number of nitrogens with zero attached hydrogens (tertiary/aromatic N) is 1. The topological polar surface area (TPSA) is 73.8 Å². The van der Waals surface area contributed by atoms with E-state index in [2.05, 4.69) is 17.6 Å². The molecule has 3 rings (SSSR count). The van der Waals surface area contributed by atoms with E-state index in [-0.39, 0.29) is 5.91 Å². The third kappa shape index (κ3) is 6.02. The van der Waals surface area contributed by atoms with Crippen LogP contribution < -0.4 is 15.4 Å². The molecule has 6 heteroatoms. The Balaban J connectivity index is 1.46. The molecule has 2 aliphatic rings. The van der Waals surface area contributed by atoms with E-state index in [0.717, 1.165) is 86.5 Å². The van der Waals surface area contributed by atoms with Crippen molar-refractivity contribution >= 4 is 5.91 Å². The number of likely N-dealkylation sites (tertiary alicyclic amines) is 1. The Bertz CT molecular complexity index is 818. The standard InChI is InChI=1S/C27H45N3O3/c1-6-13-28-14-7-8-15-29-18-22-10-16-30(17-11-22)26(32)27(5)12-9-23-21(4)24(31)19(2)20(3)25(23)33-27/h22,28-29,31H,6-18H2,1-5H3. The molecule has 0 spiro atoms. The highest BCUT2D eigenvalue weighted by atomic mass is 16.5. The number of carbonyl (C=O) groups excluding carboxylic acids is 1. The van der Waals surface area contributed by atoms with E-state index in [1.54, 1.807) is 0 Å². The van der Waals surface area contributed by atoms with Crippen LogP contribution in [0.3, 0.4) is 0 Å². The maximum atomic E-state index is 13.5. The van der Waals surface area contributed by atoms with Crippen molar-refractivity contribution in [2.75, 3.05) is 39.3 Å². The minimum atomic E-state index is -0.829. The molecule has 1 atom stereocenters. The largest absolute Gasteiger partial charge is 0.507 e. The van der Waals surface area contributed by atoms with Gasteiger partial charge >= 0.3 is 0 Å². The molecule has 1 aromatic rings. The van der Waals surface area contributed by atoms with Gasteiger partial charge in [0.1, 0.15) is 11.5 Å². The third-order valence-corrected chi connectivity index (χ3v) is 7.69. The molecule has 2 aliphatic heterocycles. The van der Waals surface area contributed by atoms with Crippen molar-refractivity contribution in [3.8, 4) is 11.5 Å². The van der Waals surface area contributed by atoms with E-state index in [9.17, 15) is 9.90 Å². The summed E-state index contributed by atoms with van der Waals surface area (Å²) in [4.78, 5) is 15.5. The number of hydrogen-bond donors (Lipinski definition) is 3. The number of aromatic hydroxyl groups is 1. The first-order valence-corrected chi connectivity index (χ1v) is 13.0. The summed E-state index contributed by atoms with van der Waals surface area (Å²) in [6.07, 6.45) is 7.13. The molecule has 3 N–H and O–H groups in total. The van der Waals surface area contributed by atoms with Gasteiger partial charge in [0.05, 0.1) is 0 Å². The van der Waals surface area contributed by atoms with Crippen LogP contribution in [0.25, 0.3) is 0 Å². The number of benzene rings is 1. The average molecular weight is 460 g/mol. The average Bonchev–Trinajstić information content (AvgIpc) is 2.83. The van der Waals surface area contributed by atoms with Gasteiger partial charge < -0.3 is 25.4 Å². The van der Waals surface area contributed by atoms with Crippen molar-refractivity contribution in [1.82, 2.24) is 15.5 Å². The van der Waals surface area contributed by atoms with E-state index >= 15 is 0 Å². The maximum Gasteiger partial charge on any atom is 0.266 e. The van der Waals surface area contributed by atoms with Gasteiger partial charge in [-0.3, -0.25) is 4.79 Å². The molecule has 1 amide bonds. The van der Waals surface area contributed by atoms with Gasteiger partial charge in [-0.25, -0.2) is 0 Å². The SMILES string of the molecule is CCCNCCCCNCC1CCN(C(=O)C2(C)CCc3c(C)c(O)c(C)c(C)c3O2)CC1. The predicted octanol–water partition coefficient (Wildman–Crippen LogP) is 4.01. The van der Waals surface area contributed by atoms with Crippen LogP contribution in [-0.2, 0) is 11.2 Å².